The smallest absolute Gasteiger partial charge is 0.374 e. The zero-order chi connectivity index (χ0) is 21.1. The van der Waals surface area contributed by atoms with E-state index in [1.165, 1.54) is 12.1 Å². The number of hydrogen-bond donors (Lipinski definition) is 1. The predicted molar refractivity (Wildman–Crippen MR) is 106 cm³/mol. The molecule has 1 aliphatic carbocycles. The Bertz CT molecular complexity index is 1040. The summed E-state index contributed by atoms with van der Waals surface area (Å²) in [7, 11) is 0. The van der Waals surface area contributed by atoms with E-state index in [0.717, 1.165) is 0 Å². The summed E-state index contributed by atoms with van der Waals surface area (Å²) >= 11 is 5.92. The Morgan fingerprint density at radius 2 is 1.62 bits per heavy atom. The van der Waals surface area contributed by atoms with Crippen molar-refractivity contribution in [3.05, 3.63) is 75.8 Å². The third kappa shape index (κ3) is 3.98. The predicted octanol–water partition coefficient (Wildman–Crippen LogP) is 3.68. The molecule has 0 saturated carbocycles. The van der Waals surface area contributed by atoms with Gasteiger partial charge in [0.25, 0.3) is 0 Å². The maximum Gasteiger partial charge on any atom is 0.374 e. The van der Waals surface area contributed by atoms with Crippen LogP contribution in [0.2, 0.25) is 5.02 Å². The molecule has 3 rings (SSSR count). The average molecular weight is 413 g/mol. The van der Waals surface area contributed by atoms with Crippen molar-refractivity contribution in [3.63, 3.8) is 0 Å². The summed E-state index contributed by atoms with van der Waals surface area (Å²) in [6, 6.07) is 12.4. The van der Waals surface area contributed by atoms with Gasteiger partial charge in [0, 0.05) is 28.5 Å². The normalized spacial score (nSPS) is 14.4. The van der Waals surface area contributed by atoms with E-state index >= 15 is 0 Å². The number of halogens is 1. The standard InChI is InChI=1S/C22H17ClO6/c1-2-29-22(28)17(24)11-16(12-7-9-13(23)10-8-12)18-19(25)14-5-3-4-6-15(14)20(26)21(18)27/h3-10,16,25H,2,11H2,1H3/t16-/m1/s1. The highest BCUT2D eigenvalue weighted by Crippen LogP contribution is 2.38. The van der Waals surface area contributed by atoms with Crippen LogP contribution in [0.4, 0.5) is 0 Å². The van der Waals surface area contributed by atoms with Gasteiger partial charge in [0.1, 0.15) is 5.76 Å². The number of ketones is 3. The van der Waals surface area contributed by atoms with E-state index in [0.29, 0.717) is 10.6 Å². The largest absolute Gasteiger partial charge is 0.507 e. The van der Waals surface area contributed by atoms with Crippen LogP contribution in [0.5, 0.6) is 0 Å². The molecular weight excluding hydrogens is 396 g/mol. The van der Waals surface area contributed by atoms with Crippen molar-refractivity contribution >= 4 is 40.7 Å². The first-order chi connectivity index (χ1) is 13.8. The quantitative estimate of drug-likeness (QED) is 0.574. The van der Waals surface area contributed by atoms with Gasteiger partial charge in [-0.1, -0.05) is 48.0 Å². The van der Waals surface area contributed by atoms with E-state index in [1.54, 1.807) is 43.3 Å². The van der Waals surface area contributed by atoms with Gasteiger partial charge in [0.05, 0.1) is 12.2 Å². The number of aliphatic hydroxyl groups excluding tert-OH is 1. The molecule has 0 bridgehead atoms. The van der Waals surface area contributed by atoms with Crippen LogP contribution in [0, 0.1) is 0 Å². The number of hydrogen-bond acceptors (Lipinski definition) is 6. The van der Waals surface area contributed by atoms with E-state index in [-0.39, 0.29) is 29.1 Å². The van der Waals surface area contributed by atoms with E-state index in [4.69, 9.17) is 16.3 Å². The average Bonchev–Trinajstić information content (AvgIpc) is 2.72. The summed E-state index contributed by atoms with van der Waals surface area (Å²) in [4.78, 5) is 49.6. The number of allylic oxidation sites excluding steroid dienone is 1. The fraction of sp³-hybridized carbons (Fsp3) is 0.182. The Labute approximate surface area is 171 Å². The van der Waals surface area contributed by atoms with Gasteiger partial charge < -0.3 is 9.84 Å². The van der Waals surface area contributed by atoms with Crippen LogP contribution in [0.15, 0.2) is 54.1 Å². The van der Waals surface area contributed by atoms with Crippen LogP contribution in [-0.2, 0) is 19.1 Å². The van der Waals surface area contributed by atoms with Crippen molar-refractivity contribution in [2.75, 3.05) is 6.61 Å². The minimum Gasteiger partial charge on any atom is -0.507 e. The number of Topliss-reactive ketones (excluding diaryl/α,β-unsaturated/α-hetero) is 3. The molecule has 0 amide bonds. The van der Waals surface area contributed by atoms with Crippen molar-refractivity contribution in [3.8, 4) is 0 Å². The molecule has 29 heavy (non-hydrogen) atoms. The molecule has 2 aromatic carbocycles. The van der Waals surface area contributed by atoms with E-state index in [2.05, 4.69) is 0 Å². The molecule has 0 fully saturated rings. The first kappa shape index (κ1) is 20.5. The van der Waals surface area contributed by atoms with Crippen molar-refractivity contribution < 1.29 is 29.0 Å². The molecule has 148 valence electrons. The summed E-state index contributed by atoms with van der Waals surface area (Å²) in [6.07, 6.45) is -0.443. The van der Waals surface area contributed by atoms with E-state index < -0.39 is 35.7 Å². The minimum atomic E-state index is -1.04. The van der Waals surface area contributed by atoms with E-state index in [9.17, 15) is 24.3 Å². The molecule has 6 nitrogen and oxygen atoms in total. The first-order valence-corrected chi connectivity index (χ1v) is 9.29. The van der Waals surface area contributed by atoms with Gasteiger partial charge >= 0.3 is 5.97 Å². The third-order valence-electron chi connectivity index (χ3n) is 4.65. The maximum atomic E-state index is 12.8. The Hall–Kier alpha value is -3.25. The lowest BCUT2D eigenvalue weighted by Gasteiger charge is -2.24. The Kier molecular flexibility index (Phi) is 5.94. The fourth-order valence-corrected chi connectivity index (χ4v) is 3.40. The summed E-state index contributed by atoms with van der Waals surface area (Å²) < 4.78 is 4.74. The number of fused-ring (bicyclic) bond motifs is 1. The highest BCUT2D eigenvalue weighted by molar-refractivity contribution is 6.52. The highest BCUT2D eigenvalue weighted by atomic mass is 35.5. The molecule has 0 radical (unpaired) electrons. The number of aliphatic hydroxyl groups is 1. The second kappa shape index (κ2) is 8.41. The molecule has 2 aromatic rings. The number of esters is 1. The zero-order valence-electron chi connectivity index (χ0n) is 15.5. The van der Waals surface area contributed by atoms with Gasteiger partial charge in [-0.05, 0) is 24.6 Å². The van der Waals surface area contributed by atoms with Gasteiger partial charge in [-0.25, -0.2) is 4.79 Å². The summed E-state index contributed by atoms with van der Waals surface area (Å²) in [6.45, 7) is 1.59. The Morgan fingerprint density at radius 3 is 2.24 bits per heavy atom. The minimum absolute atomic E-state index is 0.0227. The van der Waals surface area contributed by atoms with Crippen molar-refractivity contribution in [2.45, 2.75) is 19.3 Å². The number of rotatable bonds is 6. The first-order valence-electron chi connectivity index (χ1n) is 8.92. The second-order valence-electron chi connectivity index (χ2n) is 6.42. The SMILES string of the molecule is CCOC(=O)C(=O)C[C@@H](C1=C(O)c2ccccc2C(=O)C1=O)c1ccc(Cl)cc1. The van der Waals surface area contributed by atoms with Crippen molar-refractivity contribution in [2.24, 2.45) is 0 Å². The lowest BCUT2D eigenvalue weighted by Crippen LogP contribution is -2.29. The monoisotopic (exact) mass is 412 g/mol. The molecule has 0 spiro atoms. The summed E-state index contributed by atoms with van der Waals surface area (Å²) in [5.41, 5.74) is 0.516. The molecule has 0 heterocycles. The molecule has 0 unspecified atom stereocenters. The van der Waals surface area contributed by atoms with Crippen molar-refractivity contribution in [1.29, 1.82) is 0 Å². The lowest BCUT2D eigenvalue weighted by atomic mass is 9.77. The van der Waals surface area contributed by atoms with Gasteiger partial charge in [0.15, 0.2) is 0 Å². The van der Waals surface area contributed by atoms with Gasteiger partial charge in [-0.15, -0.1) is 0 Å². The third-order valence-corrected chi connectivity index (χ3v) is 4.90. The Balaban J connectivity index is 2.14. The van der Waals surface area contributed by atoms with Gasteiger partial charge in [-0.3, -0.25) is 14.4 Å². The highest BCUT2D eigenvalue weighted by Gasteiger charge is 2.39. The lowest BCUT2D eigenvalue weighted by molar-refractivity contribution is -0.153. The molecule has 1 aliphatic rings. The molecule has 7 heteroatoms. The number of carbonyl (C=O) groups is 4. The number of ether oxygens (including phenoxy) is 1. The van der Waals surface area contributed by atoms with E-state index in [1.807, 2.05) is 0 Å². The number of benzene rings is 2. The number of carbonyl (C=O) groups excluding carboxylic acids is 4. The summed E-state index contributed by atoms with van der Waals surface area (Å²) in [5.74, 6) is -5.02. The maximum absolute atomic E-state index is 12.8. The summed E-state index contributed by atoms with van der Waals surface area (Å²) in [5, 5.41) is 11.2. The molecule has 1 N–H and O–H groups in total. The topological polar surface area (TPSA) is 97.7 Å². The zero-order valence-corrected chi connectivity index (χ0v) is 16.2. The second-order valence-corrected chi connectivity index (χ2v) is 6.85. The molecule has 1 atom stereocenters. The Morgan fingerprint density at radius 1 is 1.00 bits per heavy atom. The molecule has 0 aliphatic heterocycles. The van der Waals surface area contributed by atoms with Crippen molar-refractivity contribution in [1.82, 2.24) is 0 Å². The molecular formula is C22H17ClO6. The molecule has 0 aromatic heterocycles. The van der Waals surface area contributed by atoms with Crippen LogP contribution in [-0.4, -0.2) is 35.0 Å². The fourth-order valence-electron chi connectivity index (χ4n) is 3.27. The van der Waals surface area contributed by atoms with Crippen LogP contribution in [0.25, 0.3) is 5.76 Å². The van der Waals surface area contributed by atoms with Crippen LogP contribution in [0.1, 0.15) is 40.7 Å². The van der Waals surface area contributed by atoms with Crippen LogP contribution >= 0.6 is 11.6 Å². The molecule has 0 saturated heterocycles. The van der Waals surface area contributed by atoms with Gasteiger partial charge in [0.2, 0.25) is 17.3 Å². The van der Waals surface area contributed by atoms with Crippen LogP contribution < -0.4 is 0 Å². The van der Waals surface area contributed by atoms with Gasteiger partial charge in [-0.2, -0.15) is 0 Å². The van der Waals surface area contributed by atoms with Crippen LogP contribution in [0.3, 0.4) is 0 Å².